The highest BCUT2D eigenvalue weighted by molar-refractivity contribution is 5.18. The molecule has 1 aromatic carbocycles. The van der Waals surface area contributed by atoms with Gasteiger partial charge in [-0.1, -0.05) is 12.6 Å². The van der Waals surface area contributed by atoms with Crippen LogP contribution in [0, 0.1) is 11.6 Å². The molecule has 0 bridgehead atoms. The first-order valence-electron chi connectivity index (χ1n) is 7.99. The fourth-order valence-electron chi connectivity index (χ4n) is 2.65. The molecule has 0 aliphatic carbocycles. The molecule has 1 saturated heterocycles. The monoisotopic (exact) mass is 325 g/mol. The van der Waals surface area contributed by atoms with Crippen LogP contribution >= 0.6 is 0 Å². The van der Waals surface area contributed by atoms with Gasteiger partial charge in [-0.3, -0.25) is 0 Å². The Hall–Kier alpha value is -1.50. The molecule has 1 aliphatic rings. The zero-order chi connectivity index (χ0) is 16.8. The van der Waals surface area contributed by atoms with E-state index in [1.54, 1.807) is 6.20 Å². The molecule has 0 aromatic heterocycles. The SMILES string of the molecule is C=CN(CC)C[C@@H]1OCC[C@@H](C)N1NCc1ccc(F)cc1F. The number of ether oxygens (including phenoxy) is 1. The van der Waals surface area contributed by atoms with E-state index in [2.05, 4.69) is 30.8 Å². The second-order valence-electron chi connectivity index (χ2n) is 5.71. The first kappa shape index (κ1) is 17.8. The Morgan fingerprint density at radius 2 is 2.26 bits per heavy atom. The largest absolute Gasteiger partial charge is 0.374 e. The van der Waals surface area contributed by atoms with Gasteiger partial charge >= 0.3 is 0 Å². The number of benzene rings is 1. The molecule has 128 valence electrons. The van der Waals surface area contributed by atoms with Gasteiger partial charge in [0.25, 0.3) is 0 Å². The summed E-state index contributed by atoms with van der Waals surface area (Å²) in [5.41, 5.74) is 3.67. The van der Waals surface area contributed by atoms with Crippen molar-refractivity contribution in [1.29, 1.82) is 0 Å². The van der Waals surface area contributed by atoms with Crippen molar-refractivity contribution < 1.29 is 13.5 Å². The third-order valence-corrected chi connectivity index (χ3v) is 4.15. The van der Waals surface area contributed by atoms with Crippen molar-refractivity contribution in [1.82, 2.24) is 15.3 Å². The minimum atomic E-state index is -0.566. The standard InChI is InChI=1S/C17H25F2N3O/c1-4-21(5-2)12-17-22(13(3)8-9-23-17)20-11-14-6-7-15(18)10-16(14)19/h4,6-7,10,13,17,20H,1,5,8-9,11-12H2,2-3H3/t13-,17+/m1/s1. The van der Waals surface area contributed by atoms with Gasteiger partial charge in [0, 0.05) is 30.8 Å². The lowest BCUT2D eigenvalue weighted by atomic mass is 10.2. The molecular formula is C17H25F2N3O. The molecule has 1 aromatic rings. The van der Waals surface area contributed by atoms with Crippen LogP contribution in [-0.4, -0.2) is 41.9 Å². The Balaban J connectivity index is 2.02. The smallest absolute Gasteiger partial charge is 0.140 e. The van der Waals surface area contributed by atoms with Gasteiger partial charge in [0.2, 0.25) is 0 Å². The zero-order valence-electron chi connectivity index (χ0n) is 13.8. The van der Waals surface area contributed by atoms with Gasteiger partial charge in [0.1, 0.15) is 17.9 Å². The normalized spacial score (nSPS) is 22.1. The number of hydrogen-bond donors (Lipinski definition) is 1. The summed E-state index contributed by atoms with van der Waals surface area (Å²) in [6, 6.07) is 3.90. The van der Waals surface area contributed by atoms with E-state index in [0.717, 1.165) is 19.0 Å². The van der Waals surface area contributed by atoms with Crippen LogP contribution in [0.15, 0.2) is 31.0 Å². The summed E-state index contributed by atoms with van der Waals surface area (Å²) in [6.07, 6.45) is 2.55. The van der Waals surface area contributed by atoms with Crippen molar-refractivity contribution in [3.05, 3.63) is 48.2 Å². The maximum atomic E-state index is 13.8. The van der Waals surface area contributed by atoms with Crippen LogP contribution in [-0.2, 0) is 11.3 Å². The third-order valence-electron chi connectivity index (χ3n) is 4.15. The molecule has 2 atom stereocenters. The lowest BCUT2D eigenvalue weighted by Gasteiger charge is -2.42. The molecule has 4 nitrogen and oxygen atoms in total. The van der Waals surface area contributed by atoms with E-state index >= 15 is 0 Å². The van der Waals surface area contributed by atoms with E-state index in [9.17, 15) is 8.78 Å². The van der Waals surface area contributed by atoms with Crippen LogP contribution in [0.2, 0.25) is 0 Å². The van der Waals surface area contributed by atoms with E-state index in [-0.39, 0.29) is 18.8 Å². The number of hydrogen-bond acceptors (Lipinski definition) is 4. The van der Waals surface area contributed by atoms with Crippen LogP contribution in [0.4, 0.5) is 8.78 Å². The van der Waals surface area contributed by atoms with E-state index in [1.165, 1.54) is 12.1 Å². The van der Waals surface area contributed by atoms with Gasteiger partial charge in [-0.2, -0.15) is 0 Å². The molecule has 0 saturated carbocycles. The van der Waals surface area contributed by atoms with Gasteiger partial charge in [-0.25, -0.2) is 19.2 Å². The molecule has 1 aliphatic heterocycles. The highest BCUT2D eigenvalue weighted by Gasteiger charge is 2.29. The van der Waals surface area contributed by atoms with Gasteiger partial charge in [0.15, 0.2) is 0 Å². The number of rotatable bonds is 7. The minimum absolute atomic E-state index is 0.139. The Kier molecular flexibility index (Phi) is 6.50. The highest BCUT2D eigenvalue weighted by Crippen LogP contribution is 2.17. The summed E-state index contributed by atoms with van der Waals surface area (Å²) >= 11 is 0. The summed E-state index contributed by atoms with van der Waals surface area (Å²) in [7, 11) is 0. The van der Waals surface area contributed by atoms with Crippen LogP contribution in [0.25, 0.3) is 0 Å². The lowest BCUT2D eigenvalue weighted by molar-refractivity contribution is -0.150. The lowest BCUT2D eigenvalue weighted by Crippen LogP contribution is -2.58. The van der Waals surface area contributed by atoms with Crippen LogP contribution in [0.3, 0.4) is 0 Å². The highest BCUT2D eigenvalue weighted by atomic mass is 19.1. The van der Waals surface area contributed by atoms with Crippen molar-refractivity contribution in [2.75, 3.05) is 19.7 Å². The molecule has 0 unspecified atom stereocenters. The maximum absolute atomic E-state index is 13.8. The average molecular weight is 325 g/mol. The third kappa shape index (κ3) is 4.73. The van der Waals surface area contributed by atoms with Crippen molar-refractivity contribution >= 4 is 0 Å². The predicted molar refractivity (Wildman–Crippen MR) is 86.3 cm³/mol. The second kappa shape index (κ2) is 8.38. The first-order valence-corrected chi connectivity index (χ1v) is 7.99. The van der Waals surface area contributed by atoms with E-state index in [4.69, 9.17) is 4.74 Å². The molecule has 0 radical (unpaired) electrons. The minimum Gasteiger partial charge on any atom is -0.374 e. The predicted octanol–water partition coefficient (Wildman–Crippen LogP) is 2.87. The Labute approximate surface area is 136 Å². The molecule has 23 heavy (non-hydrogen) atoms. The van der Waals surface area contributed by atoms with Gasteiger partial charge in [-0.15, -0.1) is 0 Å². The molecule has 1 heterocycles. The topological polar surface area (TPSA) is 27.7 Å². The van der Waals surface area contributed by atoms with E-state index in [0.29, 0.717) is 18.7 Å². The molecule has 0 amide bonds. The molecule has 0 spiro atoms. The molecule has 2 rings (SSSR count). The summed E-state index contributed by atoms with van der Waals surface area (Å²) < 4.78 is 32.6. The van der Waals surface area contributed by atoms with E-state index < -0.39 is 11.6 Å². The first-order chi connectivity index (χ1) is 11.0. The maximum Gasteiger partial charge on any atom is 0.140 e. The van der Waals surface area contributed by atoms with Gasteiger partial charge in [0.05, 0.1) is 13.2 Å². The Morgan fingerprint density at radius 3 is 2.91 bits per heavy atom. The number of nitrogens with one attached hydrogen (secondary N) is 1. The number of halogens is 2. The Morgan fingerprint density at radius 1 is 1.48 bits per heavy atom. The fourth-order valence-corrected chi connectivity index (χ4v) is 2.65. The van der Waals surface area contributed by atoms with Gasteiger partial charge in [-0.05, 0) is 32.5 Å². The molecular weight excluding hydrogens is 300 g/mol. The number of likely N-dealkylation sites (N-methyl/N-ethyl adjacent to an activating group) is 1. The van der Waals surface area contributed by atoms with Crippen molar-refractivity contribution in [3.8, 4) is 0 Å². The van der Waals surface area contributed by atoms with Crippen LogP contribution in [0.1, 0.15) is 25.8 Å². The number of nitrogens with zero attached hydrogens (tertiary/aromatic N) is 2. The van der Waals surface area contributed by atoms with Gasteiger partial charge < -0.3 is 9.64 Å². The second-order valence-corrected chi connectivity index (χ2v) is 5.71. The summed E-state index contributed by atoms with van der Waals surface area (Å²) in [6.45, 7) is 10.5. The summed E-state index contributed by atoms with van der Waals surface area (Å²) in [4.78, 5) is 2.07. The van der Waals surface area contributed by atoms with Crippen LogP contribution < -0.4 is 5.43 Å². The summed E-state index contributed by atoms with van der Waals surface area (Å²) in [5.74, 6) is -1.11. The zero-order valence-corrected chi connectivity index (χ0v) is 13.8. The van der Waals surface area contributed by atoms with Crippen LogP contribution in [0.5, 0.6) is 0 Å². The quantitative estimate of drug-likeness (QED) is 0.834. The van der Waals surface area contributed by atoms with Crippen molar-refractivity contribution in [3.63, 3.8) is 0 Å². The average Bonchev–Trinajstić information content (AvgIpc) is 2.53. The van der Waals surface area contributed by atoms with E-state index in [1.807, 2.05) is 5.01 Å². The Bertz CT molecular complexity index is 527. The van der Waals surface area contributed by atoms with Crippen molar-refractivity contribution in [2.24, 2.45) is 0 Å². The molecule has 6 heteroatoms. The fraction of sp³-hybridized carbons (Fsp3) is 0.529. The van der Waals surface area contributed by atoms with Crippen molar-refractivity contribution in [2.45, 2.75) is 39.1 Å². The molecule has 1 N–H and O–H groups in total. The summed E-state index contributed by atoms with van der Waals surface area (Å²) in [5, 5.41) is 2.01. The molecule has 1 fully saturated rings. The number of hydrazine groups is 1.